The van der Waals surface area contributed by atoms with Crippen LogP contribution in [-0.2, 0) is 0 Å². The van der Waals surface area contributed by atoms with Gasteiger partial charge in [0.05, 0.1) is 11.9 Å². The fraction of sp³-hybridized carbons (Fsp3) is 0.100. The Kier molecular flexibility index (Phi) is 2.65. The third-order valence-electron chi connectivity index (χ3n) is 2.12. The lowest BCUT2D eigenvalue weighted by Gasteiger charge is -2.00. The zero-order valence-electron chi connectivity index (χ0n) is 8.71. The number of nitrogens with one attached hydrogen (secondary N) is 1. The van der Waals surface area contributed by atoms with E-state index in [0.29, 0.717) is 0 Å². The third kappa shape index (κ3) is 1.91. The molecule has 16 heavy (non-hydrogen) atoms. The number of aryl methyl sites for hydroxylation is 1. The molecule has 0 saturated heterocycles. The van der Waals surface area contributed by atoms with Crippen LogP contribution >= 0.6 is 0 Å². The van der Waals surface area contributed by atoms with Crippen LogP contribution in [0.3, 0.4) is 0 Å². The Morgan fingerprint density at radius 1 is 1.50 bits per heavy atom. The Hall–Kier alpha value is -2.21. The SMILES string of the molecule is Cc1cccc(-n2cc(C(=O)NN)nn2)c1. The van der Waals surface area contributed by atoms with E-state index in [0.717, 1.165) is 11.3 Å². The molecule has 1 heterocycles. The maximum Gasteiger partial charge on any atom is 0.287 e. The Balaban J connectivity index is 2.35. The van der Waals surface area contributed by atoms with Crippen LogP contribution in [0.25, 0.3) is 5.69 Å². The van der Waals surface area contributed by atoms with Gasteiger partial charge in [0.25, 0.3) is 5.91 Å². The number of carbonyl (C=O) groups excluding carboxylic acids is 1. The van der Waals surface area contributed by atoms with Gasteiger partial charge in [0.1, 0.15) is 0 Å². The lowest BCUT2D eigenvalue weighted by atomic mass is 10.2. The van der Waals surface area contributed by atoms with Crippen molar-refractivity contribution in [3.8, 4) is 5.69 Å². The average Bonchev–Trinajstić information content (AvgIpc) is 2.77. The van der Waals surface area contributed by atoms with Crippen LogP contribution in [0, 0.1) is 6.92 Å². The first-order valence-corrected chi connectivity index (χ1v) is 4.71. The number of rotatable bonds is 2. The fourth-order valence-corrected chi connectivity index (χ4v) is 1.34. The maximum atomic E-state index is 11.2. The molecule has 6 nitrogen and oxygen atoms in total. The smallest absolute Gasteiger partial charge is 0.287 e. The molecule has 0 fully saturated rings. The number of hydrazine groups is 1. The molecule has 2 rings (SSSR count). The van der Waals surface area contributed by atoms with E-state index in [-0.39, 0.29) is 5.69 Å². The van der Waals surface area contributed by atoms with Crippen molar-refractivity contribution in [3.05, 3.63) is 41.7 Å². The normalized spacial score (nSPS) is 10.1. The number of nitrogen functional groups attached to an aromatic ring is 1. The van der Waals surface area contributed by atoms with E-state index in [2.05, 4.69) is 10.3 Å². The first-order valence-electron chi connectivity index (χ1n) is 4.71. The van der Waals surface area contributed by atoms with Crippen LogP contribution in [0.1, 0.15) is 16.1 Å². The molecule has 1 aromatic heterocycles. The zero-order valence-corrected chi connectivity index (χ0v) is 8.71. The molecule has 1 amide bonds. The summed E-state index contributed by atoms with van der Waals surface area (Å²) in [4.78, 5) is 11.2. The van der Waals surface area contributed by atoms with Crippen molar-refractivity contribution in [1.82, 2.24) is 20.4 Å². The summed E-state index contributed by atoms with van der Waals surface area (Å²) in [5.41, 5.74) is 4.15. The Morgan fingerprint density at radius 3 is 3.00 bits per heavy atom. The zero-order chi connectivity index (χ0) is 11.5. The van der Waals surface area contributed by atoms with Crippen LogP contribution in [0.5, 0.6) is 0 Å². The molecule has 0 aliphatic carbocycles. The van der Waals surface area contributed by atoms with Crippen LogP contribution in [0.15, 0.2) is 30.5 Å². The molecule has 0 unspecified atom stereocenters. The van der Waals surface area contributed by atoms with Crippen molar-refractivity contribution in [1.29, 1.82) is 0 Å². The summed E-state index contributed by atoms with van der Waals surface area (Å²) < 4.78 is 1.53. The molecule has 0 aliphatic rings. The van der Waals surface area contributed by atoms with Gasteiger partial charge in [0.2, 0.25) is 0 Å². The van der Waals surface area contributed by atoms with E-state index in [9.17, 15) is 4.79 Å². The van der Waals surface area contributed by atoms with E-state index >= 15 is 0 Å². The largest absolute Gasteiger partial charge is 0.289 e. The van der Waals surface area contributed by atoms with Gasteiger partial charge in [0, 0.05) is 0 Å². The maximum absolute atomic E-state index is 11.2. The first kappa shape index (κ1) is 10.3. The number of nitrogens with two attached hydrogens (primary N) is 1. The van der Waals surface area contributed by atoms with Crippen molar-refractivity contribution >= 4 is 5.91 Å². The molecule has 0 bridgehead atoms. The minimum atomic E-state index is -0.459. The summed E-state index contributed by atoms with van der Waals surface area (Å²) in [5.74, 6) is 4.54. The second kappa shape index (κ2) is 4.11. The second-order valence-corrected chi connectivity index (χ2v) is 3.36. The van der Waals surface area contributed by atoms with Gasteiger partial charge in [-0.3, -0.25) is 10.2 Å². The van der Waals surface area contributed by atoms with Crippen molar-refractivity contribution < 1.29 is 4.79 Å². The van der Waals surface area contributed by atoms with Crippen LogP contribution in [0.2, 0.25) is 0 Å². The van der Waals surface area contributed by atoms with Crippen molar-refractivity contribution in [3.63, 3.8) is 0 Å². The Labute approximate surface area is 92.0 Å². The topological polar surface area (TPSA) is 85.8 Å². The first-order chi connectivity index (χ1) is 7.70. The van der Waals surface area contributed by atoms with Crippen molar-refractivity contribution in [2.45, 2.75) is 6.92 Å². The number of carbonyl (C=O) groups is 1. The highest BCUT2D eigenvalue weighted by molar-refractivity contribution is 5.91. The number of aromatic nitrogens is 3. The van der Waals surface area contributed by atoms with E-state index in [1.54, 1.807) is 0 Å². The Morgan fingerprint density at radius 2 is 2.31 bits per heavy atom. The molecule has 1 aromatic carbocycles. The van der Waals surface area contributed by atoms with Gasteiger partial charge < -0.3 is 0 Å². The molecule has 2 aromatic rings. The lowest BCUT2D eigenvalue weighted by Crippen LogP contribution is -2.30. The highest BCUT2D eigenvalue weighted by atomic mass is 16.2. The number of hydrogen-bond acceptors (Lipinski definition) is 4. The second-order valence-electron chi connectivity index (χ2n) is 3.36. The molecule has 0 atom stereocenters. The molecular formula is C10H11N5O. The summed E-state index contributed by atoms with van der Waals surface area (Å²) in [6.07, 6.45) is 1.52. The summed E-state index contributed by atoms with van der Waals surface area (Å²) in [6, 6.07) is 7.72. The summed E-state index contributed by atoms with van der Waals surface area (Å²) in [6.45, 7) is 1.98. The molecule has 3 N–H and O–H groups in total. The Bertz CT molecular complexity index is 519. The quantitative estimate of drug-likeness (QED) is 0.427. The number of benzene rings is 1. The van der Waals surface area contributed by atoms with E-state index < -0.39 is 5.91 Å². The third-order valence-corrected chi connectivity index (χ3v) is 2.12. The van der Waals surface area contributed by atoms with Gasteiger partial charge in [-0.1, -0.05) is 17.3 Å². The van der Waals surface area contributed by atoms with Gasteiger partial charge in [-0.25, -0.2) is 10.5 Å². The van der Waals surface area contributed by atoms with E-state index in [1.165, 1.54) is 10.9 Å². The molecule has 82 valence electrons. The molecule has 0 spiro atoms. The molecule has 0 radical (unpaired) electrons. The standard InChI is InChI=1S/C10H11N5O/c1-7-3-2-4-8(5-7)15-6-9(13-14-15)10(16)12-11/h2-6H,11H2,1H3,(H,12,16). The molecule has 0 aliphatic heterocycles. The highest BCUT2D eigenvalue weighted by Crippen LogP contribution is 2.08. The van der Waals surface area contributed by atoms with Gasteiger partial charge >= 0.3 is 0 Å². The molecule has 0 saturated carbocycles. The van der Waals surface area contributed by atoms with Crippen LogP contribution in [-0.4, -0.2) is 20.9 Å². The summed E-state index contributed by atoms with van der Waals surface area (Å²) in [7, 11) is 0. The predicted molar refractivity (Wildman–Crippen MR) is 57.7 cm³/mol. The highest BCUT2D eigenvalue weighted by Gasteiger charge is 2.09. The monoisotopic (exact) mass is 217 g/mol. The summed E-state index contributed by atoms with van der Waals surface area (Å²) >= 11 is 0. The van der Waals surface area contributed by atoms with Crippen LogP contribution in [0.4, 0.5) is 0 Å². The van der Waals surface area contributed by atoms with Gasteiger partial charge in [-0.15, -0.1) is 5.10 Å². The molecular weight excluding hydrogens is 206 g/mol. The minimum absolute atomic E-state index is 0.184. The van der Waals surface area contributed by atoms with E-state index in [1.807, 2.05) is 36.6 Å². The number of nitrogens with zero attached hydrogens (tertiary/aromatic N) is 3. The van der Waals surface area contributed by atoms with Gasteiger partial charge in [-0.05, 0) is 24.6 Å². The van der Waals surface area contributed by atoms with Gasteiger partial charge in [0.15, 0.2) is 5.69 Å². The van der Waals surface area contributed by atoms with Crippen LogP contribution < -0.4 is 11.3 Å². The number of hydrogen-bond donors (Lipinski definition) is 2. The van der Waals surface area contributed by atoms with E-state index in [4.69, 9.17) is 5.84 Å². The number of amides is 1. The lowest BCUT2D eigenvalue weighted by molar-refractivity contribution is 0.0948. The predicted octanol–water partition coefficient (Wildman–Crippen LogP) is 0.179. The van der Waals surface area contributed by atoms with Gasteiger partial charge in [-0.2, -0.15) is 0 Å². The van der Waals surface area contributed by atoms with Crippen molar-refractivity contribution in [2.75, 3.05) is 0 Å². The fourth-order valence-electron chi connectivity index (χ4n) is 1.34. The summed E-state index contributed by atoms with van der Waals surface area (Å²) in [5, 5.41) is 7.56. The van der Waals surface area contributed by atoms with Crippen molar-refractivity contribution in [2.24, 2.45) is 5.84 Å². The minimum Gasteiger partial charge on any atom is -0.289 e. The molecule has 6 heteroatoms. The average molecular weight is 217 g/mol.